The highest BCUT2D eigenvalue weighted by Crippen LogP contribution is 2.34. The van der Waals surface area contributed by atoms with Gasteiger partial charge in [-0.25, -0.2) is 4.98 Å². The predicted molar refractivity (Wildman–Crippen MR) is 107 cm³/mol. The summed E-state index contributed by atoms with van der Waals surface area (Å²) < 4.78 is 1.75. The number of hydrogen-bond donors (Lipinski definition) is 1. The molecule has 6 heteroatoms. The minimum Gasteiger partial charge on any atom is -0.325 e. The van der Waals surface area contributed by atoms with Crippen molar-refractivity contribution in [1.29, 1.82) is 0 Å². The van der Waals surface area contributed by atoms with E-state index in [0.29, 0.717) is 5.75 Å². The second kappa shape index (κ2) is 6.53. The molecule has 0 saturated heterocycles. The quantitative estimate of drug-likeness (QED) is 0.709. The van der Waals surface area contributed by atoms with Crippen LogP contribution in [0.3, 0.4) is 0 Å². The predicted octanol–water partition coefficient (Wildman–Crippen LogP) is 3.56. The summed E-state index contributed by atoms with van der Waals surface area (Å²) in [6.07, 6.45) is 2.98. The number of aromatic nitrogens is 2. The Hall–Kier alpha value is -2.60. The summed E-state index contributed by atoms with van der Waals surface area (Å²) in [6.45, 7) is 0. The van der Waals surface area contributed by atoms with Crippen molar-refractivity contribution in [1.82, 2.24) is 9.55 Å². The van der Waals surface area contributed by atoms with Crippen LogP contribution >= 0.6 is 11.8 Å². The first-order chi connectivity index (χ1) is 13.2. The number of nitrogens with one attached hydrogen (secondary N) is 1. The molecule has 1 aliphatic heterocycles. The average molecular weight is 377 g/mol. The highest BCUT2D eigenvalue weighted by atomic mass is 32.2. The maximum Gasteiger partial charge on any atom is 0.257 e. The second-order valence-corrected chi connectivity index (χ2v) is 8.08. The summed E-state index contributed by atoms with van der Waals surface area (Å²) in [7, 11) is 0. The fourth-order valence-electron chi connectivity index (χ4n) is 4.05. The topological polar surface area (TPSA) is 64.0 Å². The van der Waals surface area contributed by atoms with Gasteiger partial charge in [-0.1, -0.05) is 48.2 Å². The first-order valence-corrected chi connectivity index (χ1v) is 10.2. The molecule has 1 unspecified atom stereocenters. The van der Waals surface area contributed by atoms with Crippen molar-refractivity contribution in [2.24, 2.45) is 0 Å². The molecule has 27 heavy (non-hydrogen) atoms. The van der Waals surface area contributed by atoms with Gasteiger partial charge in [0.25, 0.3) is 5.56 Å². The molecule has 1 N–H and O–H groups in total. The number of benzene rings is 2. The summed E-state index contributed by atoms with van der Waals surface area (Å²) in [5.41, 5.74) is 2.67. The van der Waals surface area contributed by atoms with E-state index in [9.17, 15) is 9.59 Å². The standard InChI is InChI=1S/C21H19N3O2S/c25-19(22-17-9-3-6-13-5-1-2-7-15(13)17)11-14-12-27-21-23-18-10-4-8-16(18)20(26)24(14)21/h1-3,5-7,9,14H,4,8,10-12H2,(H,22,25). The lowest BCUT2D eigenvalue weighted by Crippen LogP contribution is -2.30. The van der Waals surface area contributed by atoms with Gasteiger partial charge in [-0.15, -0.1) is 0 Å². The third-order valence-electron chi connectivity index (χ3n) is 5.36. The number of hydrogen-bond acceptors (Lipinski definition) is 4. The van der Waals surface area contributed by atoms with E-state index in [0.717, 1.165) is 52.1 Å². The summed E-state index contributed by atoms with van der Waals surface area (Å²) in [6, 6.07) is 13.7. The lowest BCUT2D eigenvalue weighted by Gasteiger charge is -2.15. The summed E-state index contributed by atoms with van der Waals surface area (Å²) >= 11 is 1.58. The fraction of sp³-hybridized carbons (Fsp3) is 0.286. The van der Waals surface area contributed by atoms with Gasteiger partial charge >= 0.3 is 0 Å². The van der Waals surface area contributed by atoms with Crippen molar-refractivity contribution in [3.8, 4) is 0 Å². The molecule has 0 fully saturated rings. The minimum atomic E-state index is -0.133. The van der Waals surface area contributed by atoms with Crippen LogP contribution in [0.15, 0.2) is 52.4 Å². The zero-order valence-electron chi connectivity index (χ0n) is 14.8. The van der Waals surface area contributed by atoms with Crippen LogP contribution in [0, 0.1) is 0 Å². The number of carbonyl (C=O) groups excluding carboxylic acids is 1. The van der Waals surface area contributed by atoms with Gasteiger partial charge in [0.05, 0.1) is 11.7 Å². The van der Waals surface area contributed by atoms with Gasteiger partial charge in [-0.05, 0) is 30.7 Å². The Kier molecular flexibility index (Phi) is 4.01. The Morgan fingerprint density at radius 2 is 2.04 bits per heavy atom. The van der Waals surface area contributed by atoms with E-state index < -0.39 is 0 Å². The minimum absolute atomic E-state index is 0.0560. The second-order valence-electron chi connectivity index (χ2n) is 7.09. The number of aryl methyl sites for hydroxylation is 1. The van der Waals surface area contributed by atoms with E-state index in [2.05, 4.69) is 10.3 Å². The molecule has 5 rings (SSSR count). The van der Waals surface area contributed by atoms with Crippen LogP contribution in [0.25, 0.3) is 10.8 Å². The number of anilines is 1. The number of thioether (sulfide) groups is 1. The third-order valence-corrected chi connectivity index (χ3v) is 6.45. The molecule has 0 spiro atoms. The van der Waals surface area contributed by atoms with E-state index in [4.69, 9.17) is 0 Å². The van der Waals surface area contributed by atoms with E-state index in [1.54, 1.807) is 16.3 Å². The summed E-state index contributed by atoms with van der Waals surface area (Å²) in [4.78, 5) is 30.2. The third kappa shape index (κ3) is 2.84. The monoisotopic (exact) mass is 377 g/mol. The van der Waals surface area contributed by atoms with Crippen molar-refractivity contribution >= 4 is 34.1 Å². The Morgan fingerprint density at radius 1 is 1.19 bits per heavy atom. The highest BCUT2D eigenvalue weighted by Gasteiger charge is 2.31. The molecule has 0 saturated carbocycles. The molecule has 1 aliphatic carbocycles. The van der Waals surface area contributed by atoms with Crippen molar-refractivity contribution in [2.45, 2.75) is 36.9 Å². The maximum absolute atomic E-state index is 12.9. The van der Waals surface area contributed by atoms with Gasteiger partial charge in [-0.3, -0.25) is 14.2 Å². The lowest BCUT2D eigenvalue weighted by molar-refractivity contribution is -0.116. The first-order valence-electron chi connectivity index (χ1n) is 9.25. The maximum atomic E-state index is 12.9. The number of fused-ring (bicyclic) bond motifs is 3. The molecule has 1 amide bonds. The van der Waals surface area contributed by atoms with Crippen LogP contribution in [0.2, 0.25) is 0 Å². The fourth-order valence-corrected chi connectivity index (χ4v) is 5.21. The van der Waals surface area contributed by atoms with Gasteiger partial charge < -0.3 is 5.32 Å². The number of carbonyl (C=O) groups is 1. The van der Waals surface area contributed by atoms with E-state index >= 15 is 0 Å². The first kappa shape index (κ1) is 16.6. The smallest absolute Gasteiger partial charge is 0.257 e. The molecule has 2 heterocycles. The largest absolute Gasteiger partial charge is 0.325 e. The van der Waals surface area contributed by atoms with E-state index in [1.807, 2.05) is 42.5 Å². The van der Waals surface area contributed by atoms with Crippen molar-refractivity contribution in [3.05, 3.63) is 64.1 Å². The van der Waals surface area contributed by atoms with Crippen LogP contribution in [-0.4, -0.2) is 21.2 Å². The molecule has 0 radical (unpaired) electrons. The molecule has 2 aromatic carbocycles. The van der Waals surface area contributed by atoms with Crippen LogP contribution in [0.1, 0.15) is 30.1 Å². The van der Waals surface area contributed by atoms with Gasteiger partial charge in [0.15, 0.2) is 5.16 Å². The number of nitrogens with zero attached hydrogens (tertiary/aromatic N) is 2. The summed E-state index contributed by atoms with van der Waals surface area (Å²) in [5, 5.41) is 5.91. The highest BCUT2D eigenvalue weighted by molar-refractivity contribution is 7.99. The lowest BCUT2D eigenvalue weighted by atomic mass is 10.1. The Bertz CT molecular complexity index is 1120. The normalized spacial score (nSPS) is 17.7. The van der Waals surface area contributed by atoms with E-state index in [1.165, 1.54) is 0 Å². The van der Waals surface area contributed by atoms with Gasteiger partial charge in [0.1, 0.15) is 0 Å². The number of amides is 1. The molecule has 0 bridgehead atoms. The Balaban J connectivity index is 1.40. The van der Waals surface area contributed by atoms with Gasteiger partial charge in [0.2, 0.25) is 5.91 Å². The molecular formula is C21H19N3O2S. The molecule has 1 atom stereocenters. The van der Waals surface area contributed by atoms with Gasteiger partial charge in [0, 0.05) is 28.8 Å². The number of rotatable bonds is 3. The van der Waals surface area contributed by atoms with Crippen molar-refractivity contribution in [3.63, 3.8) is 0 Å². The van der Waals surface area contributed by atoms with Crippen LogP contribution < -0.4 is 10.9 Å². The molecule has 5 nitrogen and oxygen atoms in total. The molecule has 136 valence electrons. The Morgan fingerprint density at radius 3 is 2.96 bits per heavy atom. The zero-order chi connectivity index (χ0) is 18.4. The van der Waals surface area contributed by atoms with Crippen LogP contribution in [0.5, 0.6) is 0 Å². The summed E-state index contributed by atoms with van der Waals surface area (Å²) in [5.74, 6) is 0.644. The van der Waals surface area contributed by atoms with Crippen molar-refractivity contribution < 1.29 is 4.79 Å². The zero-order valence-corrected chi connectivity index (χ0v) is 15.6. The van der Waals surface area contributed by atoms with Gasteiger partial charge in [-0.2, -0.15) is 0 Å². The Labute approximate surface area is 160 Å². The molecule has 3 aromatic rings. The molecule has 1 aromatic heterocycles. The van der Waals surface area contributed by atoms with E-state index in [-0.39, 0.29) is 23.9 Å². The average Bonchev–Trinajstić information content (AvgIpc) is 3.30. The van der Waals surface area contributed by atoms with Crippen molar-refractivity contribution in [2.75, 3.05) is 11.1 Å². The van der Waals surface area contributed by atoms with Crippen LogP contribution in [-0.2, 0) is 17.6 Å². The molecule has 2 aliphatic rings. The van der Waals surface area contributed by atoms with Crippen LogP contribution in [0.4, 0.5) is 5.69 Å². The molecular weight excluding hydrogens is 358 g/mol. The SMILES string of the molecule is O=C(CC1CSc2nc3c(c(=O)n21)CCC3)Nc1cccc2ccccc12.